The molecule has 1 aromatic rings. The van der Waals surface area contributed by atoms with Crippen LogP contribution in [0, 0.1) is 6.92 Å². The predicted octanol–water partition coefficient (Wildman–Crippen LogP) is 1.14. The Bertz CT molecular complexity index is 212. The van der Waals surface area contributed by atoms with Crippen LogP contribution < -0.4 is 5.73 Å². The normalized spacial score (nSPS) is 10.4. The van der Waals surface area contributed by atoms with Crippen molar-refractivity contribution in [3.8, 4) is 0 Å². The van der Waals surface area contributed by atoms with E-state index in [1.165, 1.54) is 0 Å². The van der Waals surface area contributed by atoms with Gasteiger partial charge in [-0.2, -0.15) is 16.9 Å². The van der Waals surface area contributed by atoms with Gasteiger partial charge in [-0.05, 0) is 13.2 Å². The van der Waals surface area contributed by atoms with Gasteiger partial charge in [-0.25, -0.2) is 0 Å². The smallest absolute Gasteiger partial charge is 0.148 e. The summed E-state index contributed by atoms with van der Waals surface area (Å²) >= 11 is 1.81. The van der Waals surface area contributed by atoms with Gasteiger partial charge in [-0.15, -0.1) is 0 Å². The summed E-state index contributed by atoms with van der Waals surface area (Å²) in [6.45, 7) is 2.91. The number of hydrogen-bond donors (Lipinski definition) is 1. The molecule has 1 aromatic heterocycles. The van der Waals surface area contributed by atoms with Crippen LogP contribution in [0.25, 0.3) is 0 Å². The van der Waals surface area contributed by atoms with E-state index in [1.807, 2.05) is 29.6 Å². The SMILES string of the molecule is CSCCn1cc(C)c(N)n1. The Balaban J connectivity index is 2.58. The molecule has 1 heterocycles. The second kappa shape index (κ2) is 3.67. The molecule has 0 atom stereocenters. The minimum absolute atomic E-state index is 0.645. The highest BCUT2D eigenvalue weighted by atomic mass is 32.2. The highest BCUT2D eigenvalue weighted by Crippen LogP contribution is 2.06. The van der Waals surface area contributed by atoms with Crippen LogP contribution in [0.5, 0.6) is 0 Å². The van der Waals surface area contributed by atoms with Crippen LogP contribution in [0.1, 0.15) is 5.56 Å². The van der Waals surface area contributed by atoms with Gasteiger partial charge in [-0.1, -0.05) is 0 Å². The predicted molar refractivity (Wildman–Crippen MR) is 49.8 cm³/mol. The Hall–Kier alpha value is -0.640. The first-order valence-electron chi connectivity index (χ1n) is 3.52. The summed E-state index contributed by atoms with van der Waals surface area (Å²) in [5.74, 6) is 1.73. The molecule has 0 aliphatic carbocycles. The summed E-state index contributed by atoms with van der Waals surface area (Å²) in [6.07, 6.45) is 4.06. The molecule has 1 rings (SSSR count). The van der Waals surface area contributed by atoms with Crippen LogP contribution in [-0.4, -0.2) is 21.8 Å². The first-order valence-corrected chi connectivity index (χ1v) is 4.92. The first kappa shape index (κ1) is 8.46. The van der Waals surface area contributed by atoms with E-state index < -0.39 is 0 Å². The zero-order valence-corrected chi connectivity index (χ0v) is 7.69. The fraction of sp³-hybridized carbons (Fsp3) is 0.571. The molecule has 0 saturated carbocycles. The number of aromatic nitrogens is 2. The van der Waals surface area contributed by atoms with Crippen LogP contribution in [0.4, 0.5) is 5.82 Å². The van der Waals surface area contributed by atoms with E-state index in [2.05, 4.69) is 11.4 Å². The maximum atomic E-state index is 5.57. The summed E-state index contributed by atoms with van der Waals surface area (Å²) in [6, 6.07) is 0. The van der Waals surface area contributed by atoms with Crippen molar-refractivity contribution in [2.75, 3.05) is 17.7 Å². The number of hydrogen-bond acceptors (Lipinski definition) is 3. The van der Waals surface area contributed by atoms with Crippen molar-refractivity contribution in [1.82, 2.24) is 9.78 Å². The van der Waals surface area contributed by atoms with Gasteiger partial charge in [0.1, 0.15) is 5.82 Å². The second-order valence-electron chi connectivity index (χ2n) is 2.45. The molecule has 11 heavy (non-hydrogen) atoms. The summed E-state index contributed by atoms with van der Waals surface area (Å²) < 4.78 is 1.89. The van der Waals surface area contributed by atoms with Gasteiger partial charge in [0, 0.05) is 17.5 Å². The maximum absolute atomic E-state index is 5.57. The van der Waals surface area contributed by atoms with E-state index >= 15 is 0 Å². The Kier molecular flexibility index (Phi) is 2.82. The molecular weight excluding hydrogens is 158 g/mol. The average molecular weight is 171 g/mol. The molecule has 3 nitrogen and oxygen atoms in total. The lowest BCUT2D eigenvalue weighted by molar-refractivity contribution is 0.669. The van der Waals surface area contributed by atoms with Crippen LogP contribution >= 0.6 is 11.8 Å². The molecule has 0 fully saturated rings. The first-order chi connectivity index (χ1) is 5.24. The zero-order chi connectivity index (χ0) is 8.27. The minimum Gasteiger partial charge on any atom is -0.382 e. The van der Waals surface area contributed by atoms with E-state index in [9.17, 15) is 0 Å². The molecule has 0 unspecified atom stereocenters. The summed E-state index contributed by atoms with van der Waals surface area (Å²) in [5.41, 5.74) is 6.63. The molecule has 0 spiro atoms. The van der Waals surface area contributed by atoms with Gasteiger partial charge in [-0.3, -0.25) is 4.68 Å². The van der Waals surface area contributed by atoms with Crippen molar-refractivity contribution < 1.29 is 0 Å². The maximum Gasteiger partial charge on any atom is 0.148 e. The standard InChI is InChI=1S/C7H13N3S/c1-6-5-10(3-4-11-2)9-7(6)8/h5H,3-4H2,1-2H3,(H2,8,9). The van der Waals surface area contributed by atoms with Crippen molar-refractivity contribution in [2.45, 2.75) is 13.5 Å². The number of anilines is 1. The van der Waals surface area contributed by atoms with Gasteiger partial charge in [0.05, 0.1) is 6.54 Å². The third-order valence-corrected chi connectivity index (χ3v) is 2.10. The monoisotopic (exact) mass is 171 g/mol. The number of rotatable bonds is 3. The largest absolute Gasteiger partial charge is 0.382 e. The molecule has 0 radical (unpaired) electrons. The lowest BCUT2D eigenvalue weighted by Crippen LogP contribution is -2.01. The van der Waals surface area contributed by atoms with Gasteiger partial charge >= 0.3 is 0 Å². The van der Waals surface area contributed by atoms with Gasteiger partial charge in [0.2, 0.25) is 0 Å². The highest BCUT2D eigenvalue weighted by Gasteiger charge is 1.98. The van der Waals surface area contributed by atoms with Crippen LogP contribution in [0.2, 0.25) is 0 Å². The lowest BCUT2D eigenvalue weighted by atomic mass is 10.4. The number of nitrogen functional groups attached to an aromatic ring is 1. The molecular formula is C7H13N3S. The van der Waals surface area contributed by atoms with Crippen molar-refractivity contribution in [3.05, 3.63) is 11.8 Å². The average Bonchev–Trinajstić information content (AvgIpc) is 2.28. The van der Waals surface area contributed by atoms with Crippen LogP contribution in [0.3, 0.4) is 0 Å². The molecule has 62 valence electrons. The van der Waals surface area contributed by atoms with Crippen molar-refractivity contribution >= 4 is 17.6 Å². The third-order valence-electron chi connectivity index (χ3n) is 1.51. The van der Waals surface area contributed by atoms with Gasteiger partial charge < -0.3 is 5.73 Å². The highest BCUT2D eigenvalue weighted by molar-refractivity contribution is 7.98. The number of thioether (sulfide) groups is 1. The van der Waals surface area contributed by atoms with E-state index in [0.717, 1.165) is 17.9 Å². The molecule has 0 aliphatic heterocycles. The molecule has 0 aromatic carbocycles. The summed E-state index contributed by atoms with van der Waals surface area (Å²) in [7, 11) is 0. The van der Waals surface area contributed by atoms with Gasteiger partial charge in [0.25, 0.3) is 0 Å². The van der Waals surface area contributed by atoms with E-state index in [4.69, 9.17) is 5.73 Å². The van der Waals surface area contributed by atoms with Crippen molar-refractivity contribution in [1.29, 1.82) is 0 Å². The zero-order valence-electron chi connectivity index (χ0n) is 6.87. The lowest BCUT2D eigenvalue weighted by Gasteiger charge is -1.96. The van der Waals surface area contributed by atoms with Crippen molar-refractivity contribution in [2.24, 2.45) is 0 Å². The fourth-order valence-electron chi connectivity index (χ4n) is 0.835. The number of aryl methyl sites for hydroxylation is 2. The third kappa shape index (κ3) is 2.15. The Labute approximate surface area is 71.0 Å². The number of nitrogens with two attached hydrogens (primary N) is 1. The molecule has 0 bridgehead atoms. The van der Waals surface area contributed by atoms with E-state index in [0.29, 0.717) is 5.82 Å². The topological polar surface area (TPSA) is 43.8 Å². The summed E-state index contributed by atoms with van der Waals surface area (Å²) in [4.78, 5) is 0. The van der Waals surface area contributed by atoms with Crippen LogP contribution in [-0.2, 0) is 6.54 Å². The van der Waals surface area contributed by atoms with E-state index in [-0.39, 0.29) is 0 Å². The Morgan fingerprint density at radius 3 is 2.91 bits per heavy atom. The molecule has 4 heteroatoms. The summed E-state index contributed by atoms with van der Waals surface area (Å²) in [5, 5.41) is 4.13. The second-order valence-corrected chi connectivity index (χ2v) is 3.44. The van der Waals surface area contributed by atoms with Crippen molar-refractivity contribution in [3.63, 3.8) is 0 Å². The molecule has 2 N–H and O–H groups in total. The van der Waals surface area contributed by atoms with E-state index in [1.54, 1.807) is 0 Å². The minimum atomic E-state index is 0.645. The van der Waals surface area contributed by atoms with Gasteiger partial charge in [0.15, 0.2) is 0 Å². The molecule has 0 amide bonds. The molecule has 0 aliphatic rings. The Morgan fingerprint density at radius 2 is 2.45 bits per heavy atom. The quantitative estimate of drug-likeness (QED) is 0.741. The Morgan fingerprint density at radius 1 is 1.73 bits per heavy atom. The fourth-order valence-corrected chi connectivity index (χ4v) is 1.20. The number of nitrogens with zero attached hydrogens (tertiary/aromatic N) is 2. The van der Waals surface area contributed by atoms with Crippen LogP contribution in [0.15, 0.2) is 6.20 Å². The molecule has 0 saturated heterocycles.